The van der Waals surface area contributed by atoms with Crippen molar-refractivity contribution in [3.63, 3.8) is 0 Å². The summed E-state index contributed by atoms with van der Waals surface area (Å²) in [6.45, 7) is 0.997. The van der Waals surface area contributed by atoms with Crippen molar-refractivity contribution in [2.24, 2.45) is 0 Å². The Labute approximate surface area is 198 Å². The number of aryl methyl sites for hydroxylation is 2. The highest BCUT2D eigenvalue weighted by Gasteiger charge is 2.47. The molecule has 1 amide bonds. The number of aromatic amines is 1. The fourth-order valence-electron chi connectivity index (χ4n) is 5.76. The number of nitrogens with zero attached hydrogens (tertiary/aromatic N) is 1. The highest BCUT2D eigenvalue weighted by atomic mass is 16.5. The maximum Gasteiger partial charge on any atom is 0.295 e. The monoisotopic (exact) mass is 456 g/mol. The van der Waals surface area contributed by atoms with Gasteiger partial charge in [0.2, 0.25) is 0 Å². The van der Waals surface area contributed by atoms with Gasteiger partial charge in [-0.2, -0.15) is 0 Å². The second kappa shape index (κ2) is 8.44. The smallest absolute Gasteiger partial charge is 0.295 e. The van der Waals surface area contributed by atoms with Gasteiger partial charge >= 0.3 is 0 Å². The van der Waals surface area contributed by atoms with Gasteiger partial charge in [0, 0.05) is 41.4 Å². The van der Waals surface area contributed by atoms with Gasteiger partial charge in [-0.05, 0) is 61.8 Å². The molecule has 6 heteroatoms. The number of ketones is 1. The van der Waals surface area contributed by atoms with E-state index in [1.807, 2.05) is 48.7 Å². The third kappa shape index (κ3) is 3.44. The molecular weight excluding hydrogens is 428 g/mol. The number of aromatic nitrogens is 1. The number of H-pyrrole nitrogens is 1. The van der Waals surface area contributed by atoms with Crippen LogP contribution >= 0.6 is 0 Å². The number of benzene rings is 2. The molecule has 0 bridgehead atoms. The number of aliphatic hydroxyl groups is 1. The first-order valence-electron chi connectivity index (χ1n) is 12.2. The van der Waals surface area contributed by atoms with E-state index in [1.165, 1.54) is 17.5 Å². The van der Waals surface area contributed by atoms with Crippen molar-refractivity contribution in [2.75, 3.05) is 13.2 Å². The molecule has 1 aromatic heterocycles. The Hall–Kier alpha value is -3.38. The average molecular weight is 457 g/mol. The van der Waals surface area contributed by atoms with Gasteiger partial charge in [0.25, 0.3) is 11.7 Å². The Bertz CT molecular complexity index is 1310. The van der Waals surface area contributed by atoms with Crippen molar-refractivity contribution in [3.05, 3.63) is 76.5 Å². The van der Waals surface area contributed by atoms with Crippen LogP contribution in [0.1, 0.15) is 54.0 Å². The quantitative estimate of drug-likeness (QED) is 0.340. The summed E-state index contributed by atoms with van der Waals surface area (Å²) >= 11 is 0. The lowest BCUT2D eigenvalue weighted by Crippen LogP contribution is -2.36. The van der Waals surface area contributed by atoms with Crippen LogP contribution in [0.5, 0.6) is 0 Å². The second-order valence-electron chi connectivity index (χ2n) is 9.57. The average Bonchev–Trinajstić information content (AvgIpc) is 3.59. The normalized spacial score (nSPS) is 24.2. The van der Waals surface area contributed by atoms with Crippen molar-refractivity contribution in [1.82, 2.24) is 9.88 Å². The fourth-order valence-corrected chi connectivity index (χ4v) is 5.76. The molecule has 2 aliphatic heterocycles. The molecular formula is C28H28N2O4. The number of nitrogens with one attached hydrogen (secondary N) is 1. The summed E-state index contributed by atoms with van der Waals surface area (Å²) in [5.74, 6) is -1.31. The van der Waals surface area contributed by atoms with Gasteiger partial charge in [0.05, 0.1) is 17.7 Å². The minimum absolute atomic E-state index is 0.100. The number of hydrogen-bond donors (Lipinski definition) is 2. The Balaban J connectivity index is 1.50. The predicted octanol–water partition coefficient (Wildman–Crippen LogP) is 4.65. The van der Waals surface area contributed by atoms with E-state index in [4.69, 9.17) is 4.74 Å². The van der Waals surface area contributed by atoms with E-state index in [2.05, 4.69) is 4.98 Å². The van der Waals surface area contributed by atoms with Crippen LogP contribution < -0.4 is 0 Å². The molecule has 1 aliphatic carbocycles. The van der Waals surface area contributed by atoms with Crippen LogP contribution in [0.25, 0.3) is 16.7 Å². The van der Waals surface area contributed by atoms with Crippen LogP contribution in [0.15, 0.2) is 54.2 Å². The molecule has 2 fully saturated rings. The molecule has 2 unspecified atom stereocenters. The summed E-state index contributed by atoms with van der Waals surface area (Å²) in [7, 11) is 0. The van der Waals surface area contributed by atoms with Gasteiger partial charge in [-0.15, -0.1) is 0 Å². The number of likely N-dealkylation sites (tertiary alicyclic amines) is 1. The van der Waals surface area contributed by atoms with E-state index in [0.717, 1.165) is 48.6 Å². The summed E-state index contributed by atoms with van der Waals surface area (Å²) in [6, 6.07) is 13.1. The summed E-state index contributed by atoms with van der Waals surface area (Å²) in [5, 5.41) is 12.4. The van der Waals surface area contributed by atoms with Gasteiger partial charge in [0.1, 0.15) is 5.76 Å². The largest absolute Gasteiger partial charge is 0.507 e. The van der Waals surface area contributed by atoms with E-state index in [9.17, 15) is 14.7 Å². The first-order chi connectivity index (χ1) is 16.6. The Morgan fingerprint density at radius 3 is 2.71 bits per heavy atom. The molecule has 2 N–H and O–H groups in total. The first kappa shape index (κ1) is 21.2. The van der Waals surface area contributed by atoms with Gasteiger partial charge in [0.15, 0.2) is 0 Å². The fraction of sp³-hybridized carbons (Fsp3) is 0.357. The van der Waals surface area contributed by atoms with Crippen LogP contribution in [0.2, 0.25) is 0 Å². The maximum atomic E-state index is 13.4. The van der Waals surface area contributed by atoms with Crippen molar-refractivity contribution in [1.29, 1.82) is 0 Å². The molecule has 2 saturated heterocycles. The van der Waals surface area contributed by atoms with Gasteiger partial charge in [-0.1, -0.05) is 30.3 Å². The summed E-state index contributed by atoms with van der Waals surface area (Å²) < 4.78 is 5.80. The Kier molecular flexibility index (Phi) is 5.26. The Morgan fingerprint density at radius 2 is 1.88 bits per heavy atom. The number of rotatable bonds is 4. The molecule has 3 heterocycles. The van der Waals surface area contributed by atoms with Crippen molar-refractivity contribution in [2.45, 2.75) is 50.7 Å². The third-order valence-electron chi connectivity index (χ3n) is 7.50. The zero-order valence-electron chi connectivity index (χ0n) is 19.0. The molecule has 2 atom stereocenters. The van der Waals surface area contributed by atoms with E-state index < -0.39 is 17.7 Å². The van der Waals surface area contributed by atoms with Crippen LogP contribution in [0, 0.1) is 0 Å². The van der Waals surface area contributed by atoms with Gasteiger partial charge in [-0.25, -0.2) is 0 Å². The number of amides is 1. The lowest BCUT2D eigenvalue weighted by atomic mass is 9.88. The molecule has 6 rings (SSSR count). The van der Waals surface area contributed by atoms with Crippen molar-refractivity contribution < 1.29 is 19.4 Å². The molecule has 6 nitrogen and oxygen atoms in total. The summed E-state index contributed by atoms with van der Waals surface area (Å²) in [6.07, 6.45) is 7.85. The molecule has 174 valence electrons. The first-order valence-corrected chi connectivity index (χ1v) is 12.2. The molecule has 2 aromatic carbocycles. The number of ether oxygens (including phenoxy) is 1. The zero-order chi connectivity index (χ0) is 23.2. The number of Topliss-reactive ketones (excluding diaryl/α,β-unsaturated/α-hetero) is 1. The topological polar surface area (TPSA) is 82.6 Å². The van der Waals surface area contributed by atoms with E-state index in [-0.39, 0.29) is 17.4 Å². The molecule has 0 spiro atoms. The maximum absolute atomic E-state index is 13.4. The van der Waals surface area contributed by atoms with E-state index >= 15 is 0 Å². The lowest BCUT2D eigenvalue weighted by Gasteiger charge is -2.27. The van der Waals surface area contributed by atoms with Gasteiger partial charge in [-0.3, -0.25) is 9.59 Å². The van der Waals surface area contributed by atoms with Crippen LogP contribution in [-0.2, 0) is 27.2 Å². The molecule has 0 radical (unpaired) electrons. The number of carbonyl (C=O) groups excluding carboxylic acids is 2. The Morgan fingerprint density at radius 1 is 1.06 bits per heavy atom. The van der Waals surface area contributed by atoms with Crippen molar-refractivity contribution >= 4 is 28.4 Å². The van der Waals surface area contributed by atoms with E-state index in [1.54, 1.807) is 4.90 Å². The number of hydrogen-bond acceptors (Lipinski definition) is 4. The lowest BCUT2D eigenvalue weighted by molar-refractivity contribution is -0.140. The predicted molar refractivity (Wildman–Crippen MR) is 129 cm³/mol. The highest BCUT2D eigenvalue weighted by Crippen LogP contribution is 2.42. The number of fused-ring (bicyclic) bond motifs is 2. The number of para-hydroxylation sites is 1. The zero-order valence-corrected chi connectivity index (χ0v) is 19.0. The molecule has 34 heavy (non-hydrogen) atoms. The van der Waals surface area contributed by atoms with Gasteiger partial charge < -0.3 is 19.7 Å². The number of carbonyl (C=O) groups is 2. The second-order valence-corrected chi connectivity index (χ2v) is 9.57. The molecule has 3 aliphatic rings. The molecule has 3 aromatic rings. The number of aliphatic hydroxyl groups excluding tert-OH is 1. The minimum atomic E-state index is -0.670. The van der Waals surface area contributed by atoms with Crippen LogP contribution in [0.4, 0.5) is 0 Å². The highest BCUT2D eigenvalue weighted by molar-refractivity contribution is 6.46. The molecule has 0 saturated carbocycles. The van der Waals surface area contributed by atoms with E-state index in [0.29, 0.717) is 18.7 Å². The summed E-state index contributed by atoms with van der Waals surface area (Å²) in [5.41, 5.74) is 5.01. The summed E-state index contributed by atoms with van der Waals surface area (Å²) in [4.78, 5) is 31.5. The third-order valence-corrected chi connectivity index (χ3v) is 7.50. The minimum Gasteiger partial charge on any atom is -0.507 e. The van der Waals surface area contributed by atoms with Crippen LogP contribution in [-0.4, -0.2) is 45.9 Å². The standard InChI is InChI=1S/C28H28N2O4/c31-26(19-12-11-17-6-1-2-7-18(17)14-19)24-25(22-15-29-23-10-4-3-9-21(22)23)30(28(33)27(24)32)16-20-8-5-13-34-20/h3-4,9-12,14-15,20,25,29,31H,1-2,5-8,13,16H2/b26-24+. The van der Waals surface area contributed by atoms with Crippen LogP contribution in [0.3, 0.4) is 0 Å². The SMILES string of the molecule is O=C1C(=O)N(CC2CCCO2)C(c2c[nH]c3ccccc23)/C1=C(\O)c1ccc2c(c1)CCCC2. The van der Waals surface area contributed by atoms with Crippen molar-refractivity contribution in [3.8, 4) is 0 Å².